The van der Waals surface area contributed by atoms with Gasteiger partial charge >= 0.3 is 0 Å². The van der Waals surface area contributed by atoms with Crippen molar-refractivity contribution in [1.29, 1.82) is 0 Å². The Morgan fingerprint density at radius 1 is 1.14 bits per heavy atom. The zero-order valence-corrected chi connectivity index (χ0v) is 20.9. The first-order valence-corrected chi connectivity index (χ1v) is 11.9. The summed E-state index contributed by atoms with van der Waals surface area (Å²) in [7, 11) is 3.59. The van der Waals surface area contributed by atoms with E-state index in [1.165, 1.54) is 26.2 Å². The number of hydrogen-bond donors (Lipinski definition) is 1. The van der Waals surface area contributed by atoms with Gasteiger partial charge in [0.2, 0.25) is 11.8 Å². The summed E-state index contributed by atoms with van der Waals surface area (Å²) >= 11 is 6.22. The molecule has 1 N–H and O–H groups in total. The monoisotopic (exact) mass is 500 g/mol. The number of rotatable bonds is 6. The van der Waals surface area contributed by atoms with Gasteiger partial charge in [0.1, 0.15) is 11.6 Å². The van der Waals surface area contributed by atoms with Crippen LogP contribution in [0.15, 0.2) is 42.5 Å². The summed E-state index contributed by atoms with van der Waals surface area (Å²) in [6.07, 6.45) is 3.24. The van der Waals surface area contributed by atoms with Crippen LogP contribution in [0.1, 0.15) is 18.1 Å². The molecule has 4 rings (SSSR count). The number of nitrogens with one attached hydrogen (secondary N) is 1. The molecule has 2 saturated heterocycles. The van der Waals surface area contributed by atoms with Crippen molar-refractivity contribution in [1.82, 2.24) is 14.7 Å². The Hall–Kier alpha value is -2.94. The van der Waals surface area contributed by atoms with Gasteiger partial charge in [-0.2, -0.15) is 0 Å². The van der Waals surface area contributed by atoms with Crippen molar-refractivity contribution in [3.63, 3.8) is 0 Å². The number of ether oxygens (including phenoxy) is 1. The predicted octanol–water partition coefficient (Wildman–Crippen LogP) is 3.49. The van der Waals surface area contributed by atoms with Crippen molar-refractivity contribution in [3.8, 4) is 5.75 Å². The zero-order chi connectivity index (χ0) is 25.1. The van der Waals surface area contributed by atoms with E-state index < -0.39 is 0 Å². The fourth-order valence-corrected chi connectivity index (χ4v) is 5.22. The normalized spacial score (nSPS) is 20.8. The highest BCUT2D eigenvalue weighted by atomic mass is 35.5. The van der Waals surface area contributed by atoms with Crippen molar-refractivity contribution in [2.24, 2.45) is 0 Å². The molecule has 2 aliphatic heterocycles. The number of benzene rings is 2. The summed E-state index contributed by atoms with van der Waals surface area (Å²) in [6, 6.07) is 9.98. The standard InChI is InChI=1S/C26H30ClFN4O3/c1-17(33)29-24-11-23(27)25(35-3)10-19(24)6-9-26(34)32-21-13-30(2)14-22(32)16-31(15-21)12-18-4-7-20(28)8-5-18/h4-11,21-22H,12-16H2,1-3H3,(H,29,33)/b9-6+. The van der Waals surface area contributed by atoms with E-state index in [-0.39, 0.29) is 29.7 Å². The minimum Gasteiger partial charge on any atom is -0.495 e. The van der Waals surface area contributed by atoms with Crippen molar-refractivity contribution < 1.29 is 18.7 Å². The highest BCUT2D eigenvalue weighted by molar-refractivity contribution is 6.32. The van der Waals surface area contributed by atoms with E-state index in [1.807, 2.05) is 17.0 Å². The molecule has 2 amide bonds. The Kier molecular flexibility index (Phi) is 7.74. The van der Waals surface area contributed by atoms with Crippen molar-refractivity contribution >= 4 is 35.2 Å². The van der Waals surface area contributed by atoms with Gasteiger partial charge in [-0.1, -0.05) is 23.7 Å². The van der Waals surface area contributed by atoms with Crippen LogP contribution >= 0.6 is 11.6 Å². The van der Waals surface area contributed by atoms with Gasteiger partial charge in [0.25, 0.3) is 0 Å². The highest BCUT2D eigenvalue weighted by Crippen LogP contribution is 2.32. The molecule has 186 valence electrons. The van der Waals surface area contributed by atoms with Crippen LogP contribution in [0.25, 0.3) is 6.08 Å². The van der Waals surface area contributed by atoms with Crippen molar-refractivity contribution in [2.45, 2.75) is 25.6 Å². The number of amides is 2. The molecule has 9 heteroatoms. The topological polar surface area (TPSA) is 65.1 Å². The van der Waals surface area contributed by atoms with Gasteiger partial charge in [0.15, 0.2) is 0 Å². The second-order valence-corrected chi connectivity index (χ2v) is 9.59. The molecule has 2 atom stereocenters. The van der Waals surface area contributed by atoms with E-state index in [2.05, 4.69) is 22.2 Å². The summed E-state index contributed by atoms with van der Waals surface area (Å²) in [4.78, 5) is 31.6. The Morgan fingerprint density at radius 3 is 2.40 bits per heavy atom. The third-order valence-corrected chi connectivity index (χ3v) is 6.68. The third-order valence-electron chi connectivity index (χ3n) is 6.38. The van der Waals surface area contributed by atoms with Crippen LogP contribution in [-0.4, -0.2) is 78.9 Å². The Bertz CT molecular complexity index is 1110. The molecule has 2 aromatic rings. The maximum absolute atomic E-state index is 13.4. The highest BCUT2D eigenvalue weighted by Gasteiger charge is 2.41. The van der Waals surface area contributed by atoms with Crippen LogP contribution in [0.4, 0.5) is 10.1 Å². The maximum atomic E-state index is 13.4. The predicted molar refractivity (Wildman–Crippen MR) is 135 cm³/mol. The molecule has 35 heavy (non-hydrogen) atoms. The zero-order valence-electron chi connectivity index (χ0n) is 20.1. The van der Waals surface area contributed by atoms with Gasteiger partial charge in [-0.3, -0.25) is 14.5 Å². The average Bonchev–Trinajstić information content (AvgIpc) is 2.78. The molecule has 0 aromatic heterocycles. The van der Waals surface area contributed by atoms with E-state index >= 15 is 0 Å². The molecule has 2 bridgehead atoms. The second-order valence-electron chi connectivity index (χ2n) is 9.18. The quantitative estimate of drug-likeness (QED) is 0.615. The van der Waals surface area contributed by atoms with Gasteiger partial charge in [-0.15, -0.1) is 0 Å². The van der Waals surface area contributed by atoms with Crippen LogP contribution in [0.5, 0.6) is 5.75 Å². The Morgan fingerprint density at radius 2 is 1.80 bits per heavy atom. The summed E-state index contributed by atoms with van der Waals surface area (Å²) in [5.41, 5.74) is 2.20. The molecule has 2 fully saturated rings. The lowest BCUT2D eigenvalue weighted by atomic mass is 9.99. The summed E-state index contributed by atoms with van der Waals surface area (Å²) in [5, 5.41) is 3.13. The lowest BCUT2D eigenvalue weighted by molar-refractivity contribution is -0.140. The van der Waals surface area contributed by atoms with Crippen molar-refractivity contribution in [2.75, 3.05) is 45.7 Å². The summed E-state index contributed by atoms with van der Waals surface area (Å²) < 4.78 is 18.6. The lowest BCUT2D eigenvalue weighted by Gasteiger charge is -2.52. The fourth-order valence-electron chi connectivity index (χ4n) is 4.98. The number of methoxy groups -OCH3 is 1. The number of halogens is 2. The van der Waals surface area contributed by atoms with Crippen LogP contribution in [-0.2, 0) is 16.1 Å². The molecule has 0 radical (unpaired) electrons. The third kappa shape index (κ3) is 6.01. The molecular weight excluding hydrogens is 471 g/mol. The van der Waals surface area contributed by atoms with E-state index in [0.717, 1.165) is 38.3 Å². The first-order chi connectivity index (χ1) is 16.7. The van der Waals surface area contributed by atoms with Crippen LogP contribution in [0.3, 0.4) is 0 Å². The van der Waals surface area contributed by atoms with E-state index in [0.29, 0.717) is 22.0 Å². The first kappa shape index (κ1) is 25.2. The van der Waals surface area contributed by atoms with Gasteiger partial charge in [0.05, 0.1) is 24.2 Å². The molecule has 0 spiro atoms. The molecule has 2 unspecified atom stereocenters. The minimum absolute atomic E-state index is 0.0414. The number of piperazine rings is 2. The van der Waals surface area contributed by atoms with E-state index in [9.17, 15) is 14.0 Å². The van der Waals surface area contributed by atoms with Gasteiger partial charge in [-0.05, 0) is 43.0 Å². The number of anilines is 1. The number of nitrogens with zero attached hydrogens (tertiary/aromatic N) is 3. The van der Waals surface area contributed by atoms with Crippen LogP contribution in [0.2, 0.25) is 5.02 Å². The number of fused-ring (bicyclic) bond motifs is 2. The Labute approximate surface area is 210 Å². The summed E-state index contributed by atoms with van der Waals surface area (Å²) in [5.74, 6) is -0.0885. The number of carbonyl (C=O) groups excluding carboxylic acids is 2. The molecule has 0 saturated carbocycles. The molecule has 0 aliphatic carbocycles. The number of hydrogen-bond acceptors (Lipinski definition) is 5. The maximum Gasteiger partial charge on any atom is 0.247 e. The lowest BCUT2D eigenvalue weighted by Crippen LogP contribution is -2.68. The molecule has 2 aromatic carbocycles. The van der Waals surface area contributed by atoms with Gasteiger partial charge in [-0.25, -0.2) is 4.39 Å². The second kappa shape index (κ2) is 10.8. The SMILES string of the molecule is COc1cc(/C=C/C(=O)N2C3CN(C)CC2CN(Cc2ccc(F)cc2)C3)c(NC(C)=O)cc1Cl. The van der Waals surface area contributed by atoms with E-state index in [4.69, 9.17) is 16.3 Å². The van der Waals surface area contributed by atoms with Crippen LogP contribution < -0.4 is 10.1 Å². The molecule has 2 aliphatic rings. The minimum atomic E-state index is -0.241. The summed E-state index contributed by atoms with van der Waals surface area (Å²) in [6.45, 7) is 5.18. The van der Waals surface area contributed by atoms with Gasteiger partial charge < -0.3 is 19.9 Å². The molecule has 7 nitrogen and oxygen atoms in total. The largest absolute Gasteiger partial charge is 0.495 e. The Balaban J connectivity index is 1.51. The molecular formula is C26H30ClFN4O3. The average molecular weight is 501 g/mol. The van der Waals surface area contributed by atoms with Crippen LogP contribution in [0, 0.1) is 5.82 Å². The first-order valence-electron chi connectivity index (χ1n) is 11.5. The van der Waals surface area contributed by atoms with E-state index in [1.54, 1.807) is 24.3 Å². The fraction of sp³-hybridized carbons (Fsp3) is 0.385. The van der Waals surface area contributed by atoms with Gasteiger partial charge in [0, 0.05) is 57.0 Å². The smallest absolute Gasteiger partial charge is 0.247 e. The molecule has 2 heterocycles. The van der Waals surface area contributed by atoms with Crippen molar-refractivity contribution in [3.05, 3.63) is 64.4 Å². The number of carbonyl (C=O) groups is 2. The number of likely N-dealkylation sites (N-methyl/N-ethyl adjacent to an activating group) is 1.